The van der Waals surface area contributed by atoms with Crippen molar-refractivity contribution in [1.29, 1.82) is 0 Å². The molecule has 7 heteroatoms. The first-order chi connectivity index (χ1) is 13.5. The number of carbonyl (C=O) groups excluding carboxylic acids is 1. The molecule has 0 unspecified atom stereocenters. The Hall–Kier alpha value is -3.48. The maximum Gasteiger partial charge on any atom is 0.363 e. The van der Waals surface area contributed by atoms with Gasteiger partial charge >= 0.3 is 5.97 Å². The Bertz CT molecular complexity index is 1000. The molecule has 7 nitrogen and oxygen atoms in total. The molecule has 0 aliphatic carbocycles. The molecule has 0 N–H and O–H groups in total. The molecule has 0 amide bonds. The molecular formula is C21H19N3O4. The lowest BCUT2D eigenvalue weighted by atomic mass is 10.1. The number of cyclic esters (lactones) is 1. The Morgan fingerprint density at radius 1 is 1.14 bits per heavy atom. The van der Waals surface area contributed by atoms with E-state index in [9.17, 15) is 14.9 Å². The van der Waals surface area contributed by atoms with Gasteiger partial charge in [-0.25, -0.2) is 9.79 Å². The summed E-state index contributed by atoms with van der Waals surface area (Å²) in [6, 6.07) is 12.5. The van der Waals surface area contributed by atoms with Crippen molar-refractivity contribution in [2.24, 2.45) is 4.99 Å². The van der Waals surface area contributed by atoms with Crippen molar-refractivity contribution in [2.45, 2.75) is 19.8 Å². The predicted molar refractivity (Wildman–Crippen MR) is 106 cm³/mol. The molecule has 28 heavy (non-hydrogen) atoms. The zero-order valence-corrected chi connectivity index (χ0v) is 15.4. The van der Waals surface area contributed by atoms with Gasteiger partial charge < -0.3 is 9.64 Å². The summed E-state index contributed by atoms with van der Waals surface area (Å²) in [5.74, 6) is -0.332. The molecule has 0 bridgehead atoms. The van der Waals surface area contributed by atoms with E-state index in [2.05, 4.69) is 4.99 Å². The van der Waals surface area contributed by atoms with E-state index in [-0.39, 0.29) is 22.2 Å². The van der Waals surface area contributed by atoms with Gasteiger partial charge in [0.05, 0.1) is 4.92 Å². The van der Waals surface area contributed by atoms with Crippen LogP contribution in [0.4, 0.5) is 11.4 Å². The number of nitro groups is 1. The summed E-state index contributed by atoms with van der Waals surface area (Å²) >= 11 is 0. The third-order valence-corrected chi connectivity index (χ3v) is 4.87. The first-order valence-corrected chi connectivity index (χ1v) is 9.14. The SMILES string of the molecule is Cc1ccc(C2=N/C(=C\c3ccc(N4CCCC4)c([N+](=O)[O-])c3)C(=O)O2)cc1. The summed E-state index contributed by atoms with van der Waals surface area (Å²) < 4.78 is 5.26. The molecule has 0 atom stereocenters. The first-order valence-electron chi connectivity index (χ1n) is 9.14. The van der Waals surface area contributed by atoms with Gasteiger partial charge in [-0.2, -0.15) is 0 Å². The van der Waals surface area contributed by atoms with E-state index in [4.69, 9.17) is 4.74 Å². The average molecular weight is 377 g/mol. The number of nitro benzene ring substituents is 1. The van der Waals surface area contributed by atoms with Gasteiger partial charge in [0.1, 0.15) is 5.69 Å². The number of aliphatic imine (C=N–C) groups is 1. The molecule has 2 aliphatic heterocycles. The molecule has 0 saturated carbocycles. The monoisotopic (exact) mass is 377 g/mol. The maximum absolute atomic E-state index is 12.2. The standard InChI is InChI=1S/C21H19N3O4/c1-14-4-7-16(8-5-14)20-22-17(21(25)28-20)12-15-6-9-18(19(13-15)24(26)27)23-10-2-3-11-23/h4-9,12-13H,2-3,10-11H2,1H3/b17-12-. The molecule has 0 spiro atoms. The van der Waals surface area contributed by atoms with Crippen LogP contribution < -0.4 is 4.90 Å². The van der Waals surface area contributed by atoms with E-state index in [1.807, 2.05) is 36.1 Å². The summed E-state index contributed by atoms with van der Waals surface area (Å²) in [5, 5.41) is 11.5. The summed E-state index contributed by atoms with van der Waals surface area (Å²) in [7, 11) is 0. The number of hydrogen-bond acceptors (Lipinski definition) is 6. The molecule has 2 heterocycles. The van der Waals surface area contributed by atoms with Crippen LogP contribution in [0.5, 0.6) is 0 Å². The van der Waals surface area contributed by atoms with Gasteiger partial charge in [0, 0.05) is 24.7 Å². The quantitative estimate of drug-likeness (QED) is 0.350. The van der Waals surface area contributed by atoms with Crippen molar-refractivity contribution in [3.63, 3.8) is 0 Å². The number of esters is 1. The highest BCUT2D eigenvalue weighted by Crippen LogP contribution is 2.32. The number of benzene rings is 2. The molecule has 1 fully saturated rings. The van der Waals surface area contributed by atoms with Crippen LogP contribution in [0, 0.1) is 17.0 Å². The van der Waals surface area contributed by atoms with Crippen LogP contribution in [0.15, 0.2) is 53.2 Å². The summed E-state index contributed by atoms with van der Waals surface area (Å²) in [6.07, 6.45) is 3.58. The number of anilines is 1. The Morgan fingerprint density at radius 2 is 1.86 bits per heavy atom. The fourth-order valence-electron chi connectivity index (χ4n) is 3.39. The van der Waals surface area contributed by atoms with Gasteiger partial charge in [-0.3, -0.25) is 10.1 Å². The van der Waals surface area contributed by atoms with Crippen LogP contribution in [0.1, 0.15) is 29.5 Å². The van der Waals surface area contributed by atoms with Crippen molar-refractivity contribution in [1.82, 2.24) is 0 Å². The number of rotatable bonds is 4. The zero-order valence-electron chi connectivity index (χ0n) is 15.4. The third-order valence-electron chi connectivity index (χ3n) is 4.87. The van der Waals surface area contributed by atoms with Crippen molar-refractivity contribution in [3.8, 4) is 0 Å². The molecule has 2 aromatic carbocycles. The van der Waals surface area contributed by atoms with Gasteiger partial charge in [0.2, 0.25) is 5.90 Å². The number of carbonyl (C=O) groups is 1. The number of ether oxygens (including phenoxy) is 1. The van der Waals surface area contributed by atoms with E-state index >= 15 is 0 Å². The normalized spacial score (nSPS) is 17.8. The molecule has 142 valence electrons. The highest BCUT2D eigenvalue weighted by Gasteiger charge is 2.26. The molecular weight excluding hydrogens is 358 g/mol. The lowest BCUT2D eigenvalue weighted by Gasteiger charge is -2.17. The predicted octanol–water partition coefficient (Wildman–Crippen LogP) is 3.85. The third kappa shape index (κ3) is 3.51. The molecule has 0 radical (unpaired) electrons. The van der Waals surface area contributed by atoms with Gasteiger partial charge in [-0.1, -0.05) is 23.8 Å². The Labute approximate surface area is 162 Å². The first kappa shape index (κ1) is 17.9. The fraction of sp³-hybridized carbons (Fsp3) is 0.238. The highest BCUT2D eigenvalue weighted by molar-refractivity contribution is 6.12. The van der Waals surface area contributed by atoms with Gasteiger partial charge in [-0.15, -0.1) is 0 Å². The maximum atomic E-state index is 12.2. The van der Waals surface area contributed by atoms with E-state index in [1.165, 1.54) is 12.1 Å². The molecule has 0 aromatic heterocycles. The summed E-state index contributed by atoms with van der Waals surface area (Å²) in [6.45, 7) is 3.60. The second-order valence-corrected chi connectivity index (χ2v) is 6.90. The summed E-state index contributed by atoms with van der Waals surface area (Å²) in [4.78, 5) is 29.6. The number of hydrogen-bond donors (Lipinski definition) is 0. The number of nitrogens with zero attached hydrogens (tertiary/aromatic N) is 3. The van der Waals surface area contributed by atoms with E-state index in [0.717, 1.165) is 31.5 Å². The van der Waals surface area contributed by atoms with Crippen molar-refractivity contribution >= 4 is 29.3 Å². The van der Waals surface area contributed by atoms with E-state index in [1.54, 1.807) is 12.1 Å². The van der Waals surface area contributed by atoms with Crippen LogP contribution in [-0.4, -0.2) is 29.9 Å². The Kier molecular flexibility index (Phi) is 4.65. The van der Waals surface area contributed by atoms with Crippen LogP contribution in [0.2, 0.25) is 0 Å². The topological polar surface area (TPSA) is 85.0 Å². The molecule has 4 rings (SSSR count). The van der Waals surface area contributed by atoms with Gasteiger partial charge in [0.25, 0.3) is 5.69 Å². The lowest BCUT2D eigenvalue weighted by molar-refractivity contribution is -0.384. The minimum atomic E-state index is -0.568. The van der Waals surface area contributed by atoms with Crippen LogP contribution in [0.3, 0.4) is 0 Å². The highest BCUT2D eigenvalue weighted by atomic mass is 16.6. The number of aryl methyl sites for hydroxylation is 1. The largest absolute Gasteiger partial charge is 0.402 e. The smallest absolute Gasteiger partial charge is 0.363 e. The van der Waals surface area contributed by atoms with Gasteiger partial charge in [0.15, 0.2) is 5.70 Å². The summed E-state index contributed by atoms with van der Waals surface area (Å²) in [5.41, 5.74) is 3.11. The molecule has 2 aliphatic rings. The van der Waals surface area contributed by atoms with Crippen molar-refractivity contribution < 1.29 is 14.5 Å². The van der Waals surface area contributed by atoms with Crippen LogP contribution in [0.25, 0.3) is 6.08 Å². The minimum Gasteiger partial charge on any atom is -0.402 e. The van der Waals surface area contributed by atoms with E-state index in [0.29, 0.717) is 16.8 Å². The zero-order chi connectivity index (χ0) is 19.7. The Balaban J connectivity index is 1.66. The molecule has 2 aromatic rings. The fourth-order valence-corrected chi connectivity index (χ4v) is 3.39. The Morgan fingerprint density at radius 3 is 2.54 bits per heavy atom. The van der Waals surface area contributed by atoms with Crippen LogP contribution in [-0.2, 0) is 9.53 Å². The average Bonchev–Trinajstić information content (AvgIpc) is 3.33. The minimum absolute atomic E-state index is 0.0327. The second kappa shape index (κ2) is 7.26. The van der Waals surface area contributed by atoms with Crippen LogP contribution >= 0.6 is 0 Å². The second-order valence-electron chi connectivity index (χ2n) is 6.90. The lowest BCUT2D eigenvalue weighted by Crippen LogP contribution is -2.18. The van der Waals surface area contributed by atoms with Crippen molar-refractivity contribution in [2.75, 3.05) is 18.0 Å². The van der Waals surface area contributed by atoms with E-state index < -0.39 is 5.97 Å². The molecule has 1 saturated heterocycles. The van der Waals surface area contributed by atoms with Crippen molar-refractivity contribution in [3.05, 3.63) is 75.0 Å². The van der Waals surface area contributed by atoms with Gasteiger partial charge in [-0.05, 0) is 49.6 Å².